The molecule has 1 heterocycles. The lowest BCUT2D eigenvalue weighted by atomic mass is 10.0. The van der Waals surface area contributed by atoms with E-state index in [1.165, 1.54) is 0 Å². The van der Waals surface area contributed by atoms with Gasteiger partial charge in [0.05, 0.1) is 4.90 Å². The largest absolute Gasteiger partial charge is 0.322 e. The van der Waals surface area contributed by atoms with Crippen LogP contribution >= 0.6 is 11.6 Å². The number of aryl methyl sites for hydroxylation is 1. The lowest BCUT2D eigenvalue weighted by Crippen LogP contribution is -2.48. The molecule has 1 aliphatic heterocycles. The second-order valence-corrected chi connectivity index (χ2v) is 9.62. The van der Waals surface area contributed by atoms with Gasteiger partial charge >= 0.3 is 6.03 Å². The third kappa shape index (κ3) is 3.74. The highest BCUT2D eigenvalue weighted by Gasteiger charge is 2.47. The Kier molecular flexibility index (Phi) is 5.07. The number of carbonyl (C=O) groups is 1. The van der Waals surface area contributed by atoms with Crippen LogP contribution < -0.4 is 10.0 Å². The topological polar surface area (TPSA) is 78.5 Å². The van der Waals surface area contributed by atoms with Crippen LogP contribution in [0, 0.1) is 12.8 Å². The molecule has 2 aliphatic rings. The molecule has 3 atom stereocenters. The van der Waals surface area contributed by atoms with E-state index in [9.17, 15) is 13.2 Å². The van der Waals surface area contributed by atoms with E-state index in [-0.39, 0.29) is 28.9 Å². The summed E-state index contributed by atoms with van der Waals surface area (Å²) in [7, 11) is -3.54. The van der Waals surface area contributed by atoms with Crippen molar-refractivity contribution < 1.29 is 13.2 Å². The molecule has 1 saturated heterocycles. The number of benzene rings is 2. The highest BCUT2D eigenvalue weighted by atomic mass is 35.5. The van der Waals surface area contributed by atoms with Crippen LogP contribution in [0.2, 0.25) is 5.02 Å². The van der Waals surface area contributed by atoms with Gasteiger partial charge in [0.15, 0.2) is 0 Å². The Bertz CT molecular complexity index is 997. The maximum absolute atomic E-state index is 12.7. The molecule has 28 heavy (non-hydrogen) atoms. The van der Waals surface area contributed by atoms with Crippen molar-refractivity contribution in [1.29, 1.82) is 0 Å². The predicted molar refractivity (Wildman–Crippen MR) is 109 cm³/mol. The van der Waals surface area contributed by atoms with E-state index in [0.717, 1.165) is 17.7 Å². The Morgan fingerprint density at radius 3 is 2.54 bits per heavy atom. The second-order valence-electron chi connectivity index (χ2n) is 7.47. The number of fused-ring (bicyclic) bond motifs is 2. The fourth-order valence-electron chi connectivity index (χ4n) is 4.17. The van der Waals surface area contributed by atoms with Crippen molar-refractivity contribution in [2.75, 3.05) is 11.9 Å². The molecule has 0 unspecified atom stereocenters. The van der Waals surface area contributed by atoms with Crippen LogP contribution in [0.4, 0.5) is 10.5 Å². The first-order valence-electron chi connectivity index (χ1n) is 9.24. The minimum absolute atomic E-state index is 0.0427. The Hall–Kier alpha value is -2.09. The molecule has 6 nitrogen and oxygen atoms in total. The molecule has 2 fully saturated rings. The Balaban J connectivity index is 1.39. The summed E-state index contributed by atoms with van der Waals surface area (Å²) < 4.78 is 28.0. The van der Waals surface area contributed by atoms with Gasteiger partial charge in [0.1, 0.15) is 0 Å². The average molecular weight is 420 g/mol. The maximum Gasteiger partial charge on any atom is 0.322 e. The summed E-state index contributed by atoms with van der Waals surface area (Å²) in [5, 5.41) is 3.57. The second kappa shape index (κ2) is 7.39. The van der Waals surface area contributed by atoms with E-state index in [4.69, 9.17) is 11.6 Å². The summed E-state index contributed by atoms with van der Waals surface area (Å²) in [6, 6.07) is 13.5. The fourth-order valence-corrected chi connectivity index (χ4v) is 5.73. The van der Waals surface area contributed by atoms with Gasteiger partial charge in [-0.3, -0.25) is 0 Å². The number of nitrogens with zero attached hydrogens (tertiary/aromatic N) is 1. The zero-order valence-corrected chi connectivity index (χ0v) is 17.0. The standard InChI is InChI=1S/C20H22ClN3O3S/c1-13-9-15(21)7-8-18(13)22-20(25)24-12-14-10-16(24)11-19(14)23-28(26,27)17-5-3-2-4-6-17/h2-9,14,16,19,23H,10-12H2,1H3,(H,22,25)/t14-,16-,19-/m0/s1. The number of anilines is 1. The zero-order valence-electron chi connectivity index (χ0n) is 15.4. The van der Waals surface area contributed by atoms with Gasteiger partial charge in [-0.2, -0.15) is 0 Å². The van der Waals surface area contributed by atoms with Gasteiger partial charge in [0.25, 0.3) is 0 Å². The molecule has 2 amide bonds. The minimum Gasteiger partial charge on any atom is -0.321 e. The zero-order chi connectivity index (χ0) is 19.9. The van der Waals surface area contributed by atoms with Gasteiger partial charge in [-0.25, -0.2) is 17.9 Å². The van der Waals surface area contributed by atoms with Crippen LogP contribution in [0.3, 0.4) is 0 Å². The number of amides is 2. The average Bonchev–Trinajstić information content (AvgIpc) is 3.24. The molecular formula is C20H22ClN3O3S. The number of halogens is 1. The first-order chi connectivity index (χ1) is 13.3. The van der Waals surface area contributed by atoms with Crippen molar-refractivity contribution in [3.8, 4) is 0 Å². The van der Waals surface area contributed by atoms with E-state index in [2.05, 4.69) is 10.0 Å². The number of rotatable bonds is 4. The van der Waals surface area contributed by atoms with Crippen molar-refractivity contribution in [2.24, 2.45) is 5.92 Å². The van der Waals surface area contributed by atoms with Crippen LogP contribution in [0.15, 0.2) is 53.4 Å². The maximum atomic E-state index is 12.7. The normalized spacial score (nSPS) is 23.8. The molecule has 0 aromatic heterocycles. The van der Waals surface area contributed by atoms with Gasteiger partial charge < -0.3 is 10.2 Å². The van der Waals surface area contributed by atoms with Crippen LogP contribution in [0.25, 0.3) is 0 Å². The molecule has 0 radical (unpaired) electrons. The predicted octanol–water partition coefficient (Wildman–Crippen LogP) is 3.62. The lowest BCUT2D eigenvalue weighted by molar-refractivity contribution is 0.188. The van der Waals surface area contributed by atoms with Crippen molar-refractivity contribution in [3.05, 3.63) is 59.1 Å². The highest BCUT2D eigenvalue weighted by Crippen LogP contribution is 2.39. The molecule has 1 saturated carbocycles. The number of hydrogen-bond acceptors (Lipinski definition) is 3. The first-order valence-corrected chi connectivity index (χ1v) is 11.1. The molecule has 2 aromatic rings. The van der Waals surface area contributed by atoms with Crippen LogP contribution in [0.1, 0.15) is 18.4 Å². The van der Waals surface area contributed by atoms with Crippen LogP contribution in [0.5, 0.6) is 0 Å². The molecule has 8 heteroatoms. The Morgan fingerprint density at radius 2 is 1.89 bits per heavy atom. The van der Waals surface area contributed by atoms with E-state index in [1.807, 2.05) is 17.9 Å². The summed E-state index contributed by atoms with van der Waals surface area (Å²) in [4.78, 5) is 14.8. The number of sulfonamides is 1. The molecule has 2 aromatic carbocycles. The van der Waals surface area contributed by atoms with Crippen molar-refractivity contribution >= 4 is 33.3 Å². The molecule has 1 aliphatic carbocycles. The van der Waals surface area contributed by atoms with E-state index >= 15 is 0 Å². The number of urea groups is 1. The Morgan fingerprint density at radius 1 is 1.14 bits per heavy atom. The summed E-state index contributed by atoms with van der Waals surface area (Å²) >= 11 is 5.97. The highest BCUT2D eigenvalue weighted by molar-refractivity contribution is 7.89. The quantitative estimate of drug-likeness (QED) is 0.794. The number of carbonyl (C=O) groups excluding carboxylic acids is 1. The number of hydrogen-bond donors (Lipinski definition) is 2. The smallest absolute Gasteiger partial charge is 0.321 e. The molecule has 2 bridgehead atoms. The summed E-state index contributed by atoms with van der Waals surface area (Å²) in [5.41, 5.74) is 1.64. The third-order valence-electron chi connectivity index (χ3n) is 5.59. The van der Waals surface area contributed by atoms with Gasteiger partial charge in [0, 0.05) is 29.3 Å². The molecule has 2 N–H and O–H groups in total. The summed E-state index contributed by atoms with van der Waals surface area (Å²) in [6.45, 7) is 2.44. The monoisotopic (exact) mass is 419 g/mol. The molecule has 0 spiro atoms. The van der Waals surface area contributed by atoms with Crippen molar-refractivity contribution in [3.63, 3.8) is 0 Å². The number of piperidine rings is 1. The van der Waals surface area contributed by atoms with Crippen LogP contribution in [-0.4, -0.2) is 38.0 Å². The van der Waals surface area contributed by atoms with Crippen molar-refractivity contribution in [2.45, 2.75) is 36.7 Å². The van der Waals surface area contributed by atoms with Gasteiger partial charge in [-0.15, -0.1) is 0 Å². The first kappa shape index (κ1) is 19.2. The van der Waals surface area contributed by atoms with Crippen molar-refractivity contribution in [1.82, 2.24) is 9.62 Å². The minimum atomic E-state index is -3.54. The molecule has 4 rings (SSSR count). The SMILES string of the molecule is Cc1cc(Cl)ccc1NC(=O)N1C[C@@H]2C[C@H]1C[C@@H]2NS(=O)(=O)c1ccccc1. The summed E-state index contributed by atoms with van der Waals surface area (Å²) in [6.07, 6.45) is 1.44. The third-order valence-corrected chi connectivity index (χ3v) is 7.33. The number of nitrogens with one attached hydrogen (secondary N) is 2. The molecular weight excluding hydrogens is 398 g/mol. The van der Waals surface area contributed by atoms with Gasteiger partial charge in [-0.1, -0.05) is 29.8 Å². The van der Waals surface area contributed by atoms with Gasteiger partial charge in [-0.05, 0) is 61.6 Å². The Labute approximate surface area is 169 Å². The van der Waals surface area contributed by atoms with E-state index in [0.29, 0.717) is 18.0 Å². The van der Waals surface area contributed by atoms with Crippen LogP contribution in [-0.2, 0) is 10.0 Å². The van der Waals surface area contributed by atoms with E-state index in [1.54, 1.807) is 42.5 Å². The fraction of sp³-hybridized carbons (Fsp3) is 0.350. The number of likely N-dealkylation sites (tertiary alicyclic amines) is 1. The van der Waals surface area contributed by atoms with Gasteiger partial charge in [0.2, 0.25) is 10.0 Å². The lowest BCUT2D eigenvalue weighted by Gasteiger charge is -2.32. The van der Waals surface area contributed by atoms with E-state index < -0.39 is 10.0 Å². The summed E-state index contributed by atoms with van der Waals surface area (Å²) in [5.74, 6) is 0.126. The molecule has 148 valence electrons.